The standard InChI is InChI=1S/C14H11N3O5/c1-22-10-4-2-9(3-5-10)13(18)16-14(19)11-6-7-15-8-12(11)17(20)21/h2-8H,1H3,(H,16,18,19). The van der Waals surface area contributed by atoms with Crippen molar-refractivity contribution in [1.82, 2.24) is 10.3 Å². The van der Waals surface area contributed by atoms with Crippen LogP contribution in [0.25, 0.3) is 0 Å². The Kier molecular flexibility index (Phi) is 4.42. The number of pyridine rings is 1. The van der Waals surface area contributed by atoms with E-state index >= 15 is 0 Å². The van der Waals surface area contributed by atoms with Gasteiger partial charge in [0.2, 0.25) is 0 Å². The molecular formula is C14H11N3O5. The van der Waals surface area contributed by atoms with Gasteiger partial charge in [-0.15, -0.1) is 0 Å². The molecule has 0 aliphatic rings. The van der Waals surface area contributed by atoms with Crippen LogP contribution in [0.2, 0.25) is 0 Å². The third-order valence-corrected chi connectivity index (χ3v) is 2.82. The zero-order valence-electron chi connectivity index (χ0n) is 11.5. The van der Waals surface area contributed by atoms with E-state index in [4.69, 9.17) is 4.74 Å². The van der Waals surface area contributed by atoms with Crippen LogP contribution in [0.5, 0.6) is 5.75 Å². The highest BCUT2D eigenvalue weighted by molar-refractivity contribution is 6.11. The van der Waals surface area contributed by atoms with Gasteiger partial charge in [0.25, 0.3) is 17.5 Å². The molecule has 1 N–H and O–H groups in total. The molecule has 22 heavy (non-hydrogen) atoms. The number of benzene rings is 1. The molecule has 0 spiro atoms. The number of hydrogen-bond acceptors (Lipinski definition) is 6. The molecule has 0 unspecified atom stereocenters. The Morgan fingerprint density at radius 1 is 1.18 bits per heavy atom. The number of ether oxygens (including phenoxy) is 1. The van der Waals surface area contributed by atoms with Crippen LogP contribution >= 0.6 is 0 Å². The van der Waals surface area contributed by atoms with E-state index in [0.29, 0.717) is 5.75 Å². The molecule has 0 atom stereocenters. The van der Waals surface area contributed by atoms with E-state index in [1.807, 2.05) is 0 Å². The van der Waals surface area contributed by atoms with Gasteiger partial charge in [-0.25, -0.2) is 0 Å². The molecule has 0 bridgehead atoms. The summed E-state index contributed by atoms with van der Waals surface area (Å²) in [5.41, 5.74) is -0.477. The molecule has 0 radical (unpaired) electrons. The van der Waals surface area contributed by atoms with Gasteiger partial charge in [-0.1, -0.05) is 0 Å². The lowest BCUT2D eigenvalue weighted by atomic mass is 10.2. The Hall–Kier alpha value is -3.29. The quantitative estimate of drug-likeness (QED) is 0.521. The number of hydrogen-bond donors (Lipinski definition) is 1. The Labute approximate surface area is 124 Å². The lowest BCUT2D eigenvalue weighted by Crippen LogP contribution is -2.30. The first-order valence-electron chi connectivity index (χ1n) is 6.11. The topological polar surface area (TPSA) is 111 Å². The van der Waals surface area contributed by atoms with Gasteiger partial charge in [-0.2, -0.15) is 0 Å². The summed E-state index contributed by atoms with van der Waals surface area (Å²) >= 11 is 0. The second-order valence-electron chi connectivity index (χ2n) is 4.16. The zero-order chi connectivity index (χ0) is 16.1. The molecule has 112 valence electrons. The number of carbonyl (C=O) groups excluding carboxylic acids is 2. The monoisotopic (exact) mass is 301 g/mol. The van der Waals surface area contributed by atoms with E-state index < -0.39 is 22.4 Å². The van der Waals surface area contributed by atoms with Gasteiger partial charge in [0.15, 0.2) is 0 Å². The third-order valence-electron chi connectivity index (χ3n) is 2.82. The van der Waals surface area contributed by atoms with E-state index in [-0.39, 0.29) is 11.1 Å². The summed E-state index contributed by atoms with van der Waals surface area (Å²) in [5.74, 6) is -0.971. The van der Waals surface area contributed by atoms with Crippen molar-refractivity contribution in [1.29, 1.82) is 0 Å². The molecule has 0 fully saturated rings. The number of imide groups is 1. The number of carbonyl (C=O) groups is 2. The molecule has 2 rings (SSSR count). The first-order chi connectivity index (χ1) is 10.5. The zero-order valence-corrected chi connectivity index (χ0v) is 11.5. The Balaban J connectivity index is 2.18. The number of nitrogens with one attached hydrogen (secondary N) is 1. The fourth-order valence-corrected chi connectivity index (χ4v) is 1.71. The number of nitro groups is 1. The lowest BCUT2D eigenvalue weighted by Gasteiger charge is -2.05. The van der Waals surface area contributed by atoms with Crippen LogP contribution in [0.15, 0.2) is 42.7 Å². The van der Waals surface area contributed by atoms with E-state index in [2.05, 4.69) is 10.3 Å². The second kappa shape index (κ2) is 6.44. The summed E-state index contributed by atoms with van der Waals surface area (Å²) in [6, 6.07) is 7.25. The summed E-state index contributed by atoms with van der Waals surface area (Å²) in [6.45, 7) is 0. The number of rotatable bonds is 4. The maximum Gasteiger partial charge on any atom is 0.300 e. The maximum atomic E-state index is 12.0. The summed E-state index contributed by atoms with van der Waals surface area (Å²) in [4.78, 5) is 37.6. The number of amides is 2. The van der Waals surface area contributed by atoms with E-state index in [9.17, 15) is 19.7 Å². The average molecular weight is 301 g/mol. The van der Waals surface area contributed by atoms with Crippen molar-refractivity contribution in [2.45, 2.75) is 0 Å². The van der Waals surface area contributed by atoms with Crippen molar-refractivity contribution in [3.8, 4) is 5.75 Å². The smallest absolute Gasteiger partial charge is 0.300 e. The minimum Gasteiger partial charge on any atom is -0.497 e. The van der Waals surface area contributed by atoms with Crippen LogP contribution in [-0.2, 0) is 0 Å². The Bertz CT molecular complexity index is 728. The van der Waals surface area contributed by atoms with Crippen LogP contribution in [0.3, 0.4) is 0 Å². The molecule has 8 nitrogen and oxygen atoms in total. The largest absolute Gasteiger partial charge is 0.497 e. The first kappa shape index (κ1) is 15.1. The average Bonchev–Trinajstić information content (AvgIpc) is 2.54. The van der Waals surface area contributed by atoms with Crippen molar-refractivity contribution >= 4 is 17.5 Å². The fourth-order valence-electron chi connectivity index (χ4n) is 1.71. The van der Waals surface area contributed by atoms with Gasteiger partial charge >= 0.3 is 0 Å². The van der Waals surface area contributed by atoms with Crippen LogP contribution in [0.4, 0.5) is 5.69 Å². The van der Waals surface area contributed by atoms with Crippen molar-refractivity contribution < 1.29 is 19.2 Å². The summed E-state index contributed by atoms with van der Waals surface area (Å²) in [5, 5.41) is 12.9. The van der Waals surface area contributed by atoms with Crippen LogP contribution in [0.1, 0.15) is 20.7 Å². The molecule has 0 aliphatic heterocycles. The van der Waals surface area contributed by atoms with Crippen molar-refractivity contribution in [2.75, 3.05) is 7.11 Å². The highest BCUT2D eigenvalue weighted by Gasteiger charge is 2.21. The summed E-state index contributed by atoms with van der Waals surface area (Å²) < 4.78 is 4.96. The summed E-state index contributed by atoms with van der Waals surface area (Å²) in [7, 11) is 1.49. The molecule has 0 saturated heterocycles. The molecule has 1 heterocycles. The highest BCUT2D eigenvalue weighted by Crippen LogP contribution is 2.16. The Morgan fingerprint density at radius 3 is 2.45 bits per heavy atom. The number of nitrogens with zero attached hydrogens (tertiary/aromatic N) is 2. The van der Waals surface area contributed by atoms with E-state index in [1.165, 1.54) is 31.5 Å². The number of aromatic nitrogens is 1. The van der Waals surface area contributed by atoms with Gasteiger partial charge in [-0.05, 0) is 30.3 Å². The van der Waals surface area contributed by atoms with Crippen molar-refractivity contribution in [2.24, 2.45) is 0 Å². The van der Waals surface area contributed by atoms with Gasteiger partial charge in [0.05, 0.1) is 12.0 Å². The fraction of sp³-hybridized carbons (Fsp3) is 0.0714. The van der Waals surface area contributed by atoms with Gasteiger partial charge < -0.3 is 4.74 Å². The predicted molar refractivity (Wildman–Crippen MR) is 75.7 cm³/mol. The second-order valence-corrected chi connectivity index (χ2v) is 4.16. The molecule has 1 aromatic heterocycles. The van der Waals surface area contributed by atoms with E-state index in [0.717, 1.165) is 6.20 Å². The van der Waals surface area contributed by atoms with Crippen molar-refractivity contribution in [3.05, 3.63) is 64.0 Å². The lowest BCUT2D eigenvalue weighted by molar-refractivity contribution is -0.385. The van der Waals surface area contributed by atoms with Crippen LogP contribution < -0.4 is 10.1 Å². The predicted octanol–water partition coefficient (Wildman–Crippen LogP) is 1.57. The minimum atomic E-state index is -0.866. The SMILES string of the molecule is COc1ccc(C(=O)NC(=O)c2ccncc2[N+](=O)[O-])cc1. The maximum absolute atomic E-state index is 12.0. The minimum absolute atomic E-state index is 0.228. The normalized spacial score (nSPS) is 9.86. The van der Waals surface area contributed by atoms with Crippen LogP contribution in [-0.4, -0.2) is 28.8 Å². The molecule has 8 heteroatoms. The third kappa shape index (κ3) is 3.23. The highest BCUT2D eigenvalue weighted by atomic mass is 16.6. The molecule has 2 aromatic rings. The van der Waals surface area contributed by atoms with Crippen molar-refractivity contribution in [3.63, 3.8) is 0 Å². The number of methoxy groups -OCH3 is 1. The first-order valence-corrected chi connectivity index (χ1v) is 6.11. The van der Waals surface area contributed by atoms with E-state index in [1.54, 1.807) is 12.1 Å². The summed E-state index contributed by atoms with van der Waals surface area (Å²) in [6.07, 6.45) is 2.19. The molecule has 0 aliphatic carbocycles. The Morgan fingerprint density at radius 2 is 1.86 bits per heavy atom. The van der Waals surface area contributed by atoms with Gasteiger partial charge in [0.1, 0.15) is 17.5 Å². The van der Waals surface area contributed by atoms with Gasteiger partial charge in [-0.3, -0.25) is 30.0 Å². The molecule has 0 saturated carbocycles. The molecule has 2 amide bonds. The van der Waals surface area contributed by atoms with Gasteiger partial charge in [0, 0.05) is 11.8 Å². The molecule has 1 aromatic carbocycles. The van der Waals surface area contributed by atoms with Crippen LogP contribution in [0, 0.1) is 10.1 Å². The molecular weight excluding hydrogens is 290 g/mol.